The van der Waals surface area contributed by atoms with Crippen LogP contribution in [0.2, 0.25) is 0 Å². The van der Waals surface area contributed by atoms with Crippen LogP contribution in [0, 0.1) is 11.8 Å². The lowest BCUT2D eigenvalue weighted by molar-refractivity contribution is -0.119. The standard InChI is InChI=1S/C21H34N2O3/c1-15(2)11-19(13-22-20(17(5)24)12-16(3)4)23-21(25)26-14-18-9-7-6-8-10-18/h6-10,15-16,19-20,22H,11-14H2,1-5H3,(H,23,25)/t19?,20-/m0/s1. The van der Waals surface area contributed by atoms with Crippen molar-refractivity contribution < 1.29 is 14.3 Å². The van der Waals surface area contributed by atoms with E-state index >= 15 is 0 Å². The number of Topliss-reactive ketones (excluding diaryl/α,β-unsaturated/α-hetero) is 1. The minimum atomic E-state index is -0.426. The minimum Gasteiger partial charge on any atom is -0.445 e. The molecule has 26 heavy (non-hydrogen) atoms. The van der Waals surface area contributed by atoms with Crippen LogP contribution in [0.3, 0.4) is 0 Å². The Bertz CT molecular complexity index is 543. The Balaban J connectivity index is 2.53. The van der Waals surface area contributed by atoms with E-state index in [9.17, 15) is 9.59 Å². The highest BCUT2D eigenvalue weighted by atomic mass is 16.5. The molecule has 0 aliphatic heterocycles. The summed E-state index contributed by atoms with van der Waals surface area (Å²) in [5, 5.41) is 6.25. The van der Waals surface area contributed by atoms with Gasteiger partial charge in [0.2, 0.25) is 0 Å². The Labute approximate surface area is 157 Å². The third-order valence-electron chi connectivity index (χ3n) is 4.10. The molecule has 0 saturated heterocycles. The van der Waals surface area contributed by atoms with Crippen LogP contribution in [0.15, 0.2) is 30.3 Å². The molecule has 0 spiro atoms. The summed E-state index contributed by atoms with van der Waals surface area (Å²) in [5.41, 5.74) is 0.953. The predicted octanol–water partition coefficient (Wildman–Crippen LogP) is 3.92. The zero-order valence-corrected chi connectivity index (χ0v) is 16.7. The van der Waals surface area contributed by atoms with Crippen molar-refractivity contribution in [3.8, 4) is 0 Å². The summed E-state index contributed by atoms with van der Waals surface area (Å²) in [6.07, 6.45) is 1.19. The first kappa shape index (κ1) is 22.2. The second kappa shape index (κ2) is 11.7. The summed E-state index contributed by atoms with van der Waals surface area (Å²) in [5.74, 6) is 0.995. The second-order valence-electron chi connectivity index (χ2n) is 7.73. The fourth-order valence-corrected chi connectivity index (χ4v) is 2.84. The second-order valence-corrected chi connectivity index (χ2v) is 7.73. The molecule has 1 aromatic carbocycles. The smallest absolute Gasteiger partial charge is 0.407 e. The Morgan fingerprint density at radius 2 is 1.62 bits per heavy atom. The molecule has 0 aromatic heterocycles. The van der Waals surface area contributed by atoms with E-state index in [0.29, 0.717) is 18.4 Å². The van der Waals surface area contributed by atoms with Gasteiger partial charge in [0.15, 0.2) is 0 Å². The quantitative estimate of drug-likeness (QED) is 0.626. The number of ether oxygens (including phenoxy) is 1. The normalized spacial score (nSPS) is 13.5. The molecule has 0 aliphatic rings. The molecule has 1 aromatic rings. The number of alkyl carbamates (subject to hydrolysis) is 1. The molecule has 1 amide bonds. The first-order valence-electron chi connectivity index (χ1n) is 9.49. The van der Waals surface area contributed by atoms with Crippen LogP contribution in [0.25, 0.3) is 0 Å². The Hall–Kier alpha value is -1.88. The van der Waals surface area contributed by atoms with Crippen LogP contribution in [0.1, 0.15) is 53.0 Å². The first-order valence-corrected chi connectivity index (χ1v) is 9.49. The van der Waals surface area contributed by atoms with Crippen LogP contribution < -0.4 is 10.6 Å². The molecule has 2 atom stereocenters. The van der Waals surface area contributed by atoms with E-state index in [0.717, 1.165) is 18.4 Å². The van der Waals surface area contributed by atoms with E-state index in [1.807, 2.05) is 30.3 Å². The fraction of sp³-hybridized carbons (Fsp3) is 0.619. The minimum absolute atomic E-state index is 0.0766. The van der Waals surface area contributed by atoms with Gasteiger partial charge >= 0.3 is 6.09 Å². The van der Waals surface area contributed by atoms with E-state index < -0.39 is 6.09 Å². The highest BCUT2D eigenvalue weighted by Gasteiger charge is 2.20. The molecule has 0 radical (unpaired) electrons. The molecule has 0 bridgehead atoms. The Morgan fingerprint density at radius 3 is 2.15 bits per heavy atom. The van der Waals surface area contributed by atoms with E-state index in [1.54, 1.807) is 6.92 Å². The van der Waals surface area contributed by atoms with Crippen LogP contribution >= 0.6 is 0 Å². The summed E-state index contributed by atoms with van der Waals surface area (Å²) in [6, 6.07) is 9.35. The summed E-state index contributed by atoms with van der Waals surface area (Å²) in [7, 11) is 0. The number of nitrogens with one attached hydrogen (secondary N) is 2. The monoisotopic (exact) mass is 362 g/mol. The summed E-state index contributed by atoms with van der Waals surface area (Å²) < 4.78 is 5.31. The number of hydrogen-bond donors (Lipinski definition) is 2. The molecular weight excluding hydrogens is 328 g/mol. The van der Waals surface area contributed by atoms with Gasteiger partial charge in [-0.05, 0) is 37.2 Å². The molecule has 0 saturated carbocycles. The third-order valence-corrected chi connectivity index (χ3v) is 4.10. The maximum atomic E-state index is 12.1. The fourth-order valence-electron chi connectivity index (χ4n) is 2.84. The number of benzene rings is 1. The van der Waals surface area contributed by atoms with Crippen molar-refractivity contribution in [2.75, 3.05) is 6.54 Å². The van der Waals surface area contributed by atoms with Crippen molar-refractivity contribution in [1.82, 2.24) is 10.6 Å². The molecule has 0 fully saturated rings. The number of carbonyl (C=O) groups excluding carboxylic acids is 2. The summed E-state index contributed by atoms with van der Waals surface area (Å²) in [4.78, 5) is 24.0. The lowest BCUT2D eigenvalue weighted by Crippen LogP contribution is -2.47. The number of ketones is 1. The summed E-state index contributed by atoms with van der Waals surface area (Å²) in [6.45, 7) is 10.8. The molecule has 0 heterocycles. The maximum Gasteiger partial charge on any atom is 0.407 e. The van der Waals surface area contributed by atoms with Crippen molar-refractivity contribution in [3.05, 3.63) is 35.9 Å². The highest BCUT2D eigenvalue weighted by molar-refractivity contribution is 5.81. The van der Waals surface area contributed by atoms with Gasteiger partial charge in [0.1, 0.15) is 12.4 Å². The lowest BCUT2D eigenvalue weighted by atomic mass is 9.99. The summed E-state index contributed by atoms with van der Waals surface area (Å²) >= 11 is 0. The number of rotatable bonds is 11. The number of hydrogen-bond acceptors (Lipinski definition) is 4. The van der Waals surface area contributed by atoms with Gasteiger partial charge < -0.3 is 15.4 Å². The van der Waals surface area contributed by atoms with Crippen molar-refractivity contribution in [3.63, 3.8) is 0 Å². The van der Waals surface area contributed by atoms with Crippen molar-refractivity contribution in [2.24, 2.45) is 11.8 Å². The first-order chi connectivity index (χ1) is 12.3. The average molecular weight is 363 g/mol. The van der Waals surface area contributed by atoms with Gasteiger partial charge in [0.25, 0.3) is 0 Å². The van der Waals surface area contributed by atoms with Gasteiger partial charge in [0, 0.05) is 12.6 Å². The largest absolute Gasteiger partial charge is 0.445 e. The molecule has 2 N–H and O–H groups in total. The molecule has 1 rings (SSSR count). The molecule has 5 nitrogen and oxygen atoms in total. The van der Waals surface area contributed by atoms with Crippen LogP contribution in [0.5, 0.6) is 0 Å². The lowest BCUT2D eigenvalue weighted by Gasteiger charge is -2.24. The van der Waals surface area contributed by atoms with E-state index in [2.05, 4.69) is 38.3 Å². The van der Waals surface area contributed by atoms with Gasteiger partial charge in [-0.2, -0.15) is 0 Å². The highest BCUT2D eigenvalue weighted by Crippen LogP contribution is 2.09. The molecular formula is C21H34N2O3. The van der Waals surface area contributed by atoms with Crippen LogP contribution in [-0.2, 0) is 16.1 Å². The molecule has 146 valence electrons. The van der Waals surface area contributed by atoms with Crippen LogP contribution in [0.4, 0.5) is 4.79 Å². The van der Waals surface area contributed by atoms with E-state index in [1.165, 1.54) is 0 Å². The van der Waals surface area contributed by atoms with Gasteiger partial charge in [-0.15, -0.1) is 0 Å². The number of carbonyl (C=O) groups is 2. The molecule has 5 heteroatoms. The average Bonchev–Trinajstić information content (AvgIpc) is 2.56. The van der Waals surface area contributed by atoms with E-state index in [4.69, 9.17) is 4.74 Å². The third kappa shape index (κ3) is 9.56. The zero-order chi connectivity index (χ0) is 19.5. The topological polar surface area (TPSA) is 67.4 Å². The zero-order valence-electron chi connectivity index (χ0n) is 16.7. The van der Waals surface area contributed by atoms with E-state index in [-0.39, 0.29) is 24.5 Å². The van der Waals surface area contributed by atoms with Gasteiger partial charge in [-0.3, -0.25) is 4.79 Å². The maximum absolute atomic E-state index is 12.1. The van der Waals surface area contributed by atoms with Crippen molar-refractivity contribution in [2.45, 2.75) is 66.2 Å². The van der Waals surface area contributed by atoms with Crippen molar-refractivity contribution in [1.29, 1.82) is 0 Å². The molecule has 1 unspecified atom stereocenters. The SMILES string of the molecule is CC(=O)[C@H](CC(C)C)NCC(CC(C)C)NC(=O)OCc1ccccc1. The van der Waals surface area contributed by atoms with Gasteiger partial charge in [-0.1, -0.05) is 58.0 Å². The van der Waals surface area contributed by atoms with Gasteiger partial charge in [-0.25, -0.2) is 4.79 Å². The molecule has 0 aliphatic carbocycles. The number of amides is 1. The Morgan fingerprint density at radius 1 is 1.00 bits per heavy atom. The van der Waals surface area contributed by atoms with Crippen molar-refractivity contribution >= 4 is 11.9 Å². The predicted molar refractivity (Wildman–Crippen MR) is 105 cm³/mol. The van der Waals surface area contributed by atoms with Crippen LogP contribution in [-0.4, -0.2) is 30.5 Å². The van der Waals surface area contributed by atoms with Gasteiger partial charge in [0.05, 0.1) is 6.04 Å². The Kier molecular flexibility index (Phi) is 9.96.